The quantitative estimate of drug-likeness (QED) is 0.906. The first-order valence-electron chi connectivity index (χ1n) is 6.07. The number of nitrogens with one attached hydrogen (secondary N) is 1. The summed E-state index contributed by atoms with van der Waals surface area (Å²) >= 11 is 1.62. The molecule has 1 aliphatic heterocycles. The highest BCUT2D eigenvalue weighted by molar-refractivity contribution is 7.18. The molecule has 0 unspecified atom stereocenters. The van der Waals surface area contributed by atoms with E-state index in [1.54, 1.807) is 23.5 Å². The van der Waals surface area contributed by atoms with Crippen molar-refractivity contribution < 1.29 is 4.39 Å². The molecule has 2 heterocycles. The molecule has 4 heteroatoms. The number of halogens is 1. The first-order valence-corrected chi connectivity index (χ1v) is 6.88. The summed E-state index contributed by atoms with van der Waals surface area (Å²) in [5.41, 5.74) is 0.927. The van der Waals surface area contributed by atoms with Crippen molar-refractivity contribution in [1.82, 2.24) is 10.3 Å². The summed E-state index contributed by atoms with van der Waals surface area (Å²) in [7, 11) is 0. The van der Waals surface area contributed by atoms with Crippen molar-refractivity contribution in [3.63, 3.8) is 0 Å². The largest absolute Gasteiger partial charge is 0.316 e. The van der Waals surface area contributed by atoms with E-state index in [9.17, 15) is 4.39 Å². The Balaban J connectivity index is 1.72. The van der Waals surface area contributed by atoms with Crippen molar-refractivity contribution in [2.24, 2.45) is 5.92 Å². The lowest BCUT2D eigenvalue weighted by Gasteiger charge is -2.04. The highest BCUT2D eigenvalue weighted by Crippen LogP contribution is 2.25. The number of aromatic nitrogens is 1. The van der Waals surface area contributed by atoms with Crippen molar-refractivity contribution in [1.29, 1.82) is 0 Å². The average Bonchev–Trinajstić information content (AvgIpc) is 2.94. The minimum absolute atomic E-state index is 0.173. The molecular weight excluding hydrogens is 235 g/mol. The average molecular weight is 250 g/mol. The van der Waals surface area contributed by atoms with Crippen LogP contribution in [0.4, 0.5) is 4.39 Å². The Hall–Kier alpha value is -1.00. The number of hydrogen-bond acceptors (Lipinski definition) is 3. The van der Waals surface area contributed by atoms with Crippen LogP contribution < -0.4 is 5.32 Å². The Kier molecular flexibility index (Phi) is 3.07. The van der Waals surface area contributed by atoms with Gasteiger partial charge in [-0.05, 0) is 56.5 Å². The molecule has 90 valence electrons. The van der Waals surface area contributed by atoms with Gasteiger partial charge in [-0.1, -0.05) is 0 Å². The number of aryl methyl sites for hydroxylation is 1. The molecule has 1 fully saturated rings. The lowest BCUT2D eigenvalue weighted by atomic mass is 10.0. The van der Waals surface area contributed by atoms with E-state index in [0.717, 1.165) is 40.7 Å². The normalized spacial score (nSPS) is 20.2. The van der Waals surface area contributed by atoms with Gasteiger partial charge in [0.15, 0.2) is 0 Å². The third-order valence-corrected chi connectivity index (χ3v) is 4.40. The van der Waals surface area contributed by atoms with Gasteiger partial charge in [-0.25, -0.2) is 9.37 Å². The molecule has 17 heavy (non-hydrogen) atoms. The van der Waals surface area contributed by atoms with Gasteiger partial charge in [0.2, 0.25) is 0 Å². The molecular formula is C13H15FN2S. The Morgan fingerprint density at radius 3 is 3.24 bits per heavy atom. The van der Waals surface area contributed by atoms with Crippen LogP contribution in [0, 0.1) is 11.7 Å². The van der Waals surface area contributed by atoms with Gasteiger partial charge < -0.3 is 5.32 Å². The predicted molar refractivity (Wildman–Crippen MR) is 68.9 cm³/mol. The molecule has 1 atom stereocenters. The predicted octanol–water partition coefficient (Wildman–Crippen LogP) is 2.98. The molecule has 3 rings (SSSR count). The third-order valence-electron chi connectivity index (χ3n) is 3.32. The van der Waals surface area contributed by atoms with Gasteiger partial charge in [0.05, 0.1) is 15.2 Å². The summed E-state index contributed by atoms with van der Waals surface area (Å²) in [6.07, 6.45) is 3.49. The van der Waals surface area contributed by atoms with Crippen LogP contribution in [0.25, 0.3) is 10.2 Å². The molecule has 0 spiro atoms. The molecule has 0 amide bonds. The SMILES string of the molecule is Fc1ccc2nc(CC[C@@H]3CCNC3)sc2c1. The fraction of sp³-hybridized carbons (Fsp3) is 0.462. The molecule has 1 saturated heterocycles. The van der Waals surface area contributed by atoms with Crippen LogP contribution in [0.15, 0.2) is 18.2 Å². The molecule has 0 aliphatic carbocycles. The molecule has 0 saturated carbocycles. The van der Waals surface area contributed by atoms with E-state index in [1.807, 2.05) is 0 Å². The van der Waals surface area contributed by atoms with Crippen molar-refractivity contribution in [3.05, 3.63) is 29.0 Å². The molecule has 0 bridgehead atoms. The van der Waals surface area contributed by atoms with E-state index in [-0.39, 0.29) is 5.82 Å². The van der Waals surface area contributed by atoms with E-state index < -0.39 is 0 Å². The number of benzene rings is 1. The van der Waals surface area contributed by atoms with Crippen LogP contribution in [0.3, 0.4) is 0 Å². The van der Waals surface area contributed by atoms with Gasteiger partial charge in [0, 0.05) is 0 Å². The Morgan fingerprint density at radius 2 is 2.41 bits per heavy atom. The van der Waals surface area contributed by atoms with Crippen molar-refractivity contribution >= 4 is 21.6 Å². The molecule has 1 N–H and O–H groups in total. The summed E-state index contributed by atoms with van der Waals surface area (Å²) in [5.74, 6) is 0.617. The number of fused-ring (bicyclic) bond motifs is 1. The van der Waals surface area contributed by atoms with Gasteiger partial charge in [-0.3, -0.25) is 0 Å². The van der Waals surface area contributed by atoms with Gasteiger partial charge in [0.1, 0.15) is 5.82 Å². The minimum Gasteiger partial charge on any atom is -0.316 e. The summed E-state index contributed by atoms with van der Waals surface area (Å²) in [6, 6.07) is 4.82. The van der Waals surface area contributed by atoms with Gasteiger partial charge in [-0.2, -0.15) is 0 Å². The Labute approximate surface area is 104 Å². The van der Waals surface area contributed by atoms with Crippen molar-refractivity contribution in [2.45, 2.75) is 19.3 Å². The summed E-state index contributed by atoms with van der Waals surface area (Å²) in [6.45, 7) is 2.29. The standard InChI is InChI=1S/C13H15FN2S/c14-10-2-3-11-12(7-10)17-13(16-11)4-1-9-5-6-15-8-9/h2-3,7,9,15H,1,4-6,8H2/t9-/m1/s1. The van der Waals surface area contributed by atoms with E-state index in [4.69, 9.17) is 0 Å². The van der Waals surface area contributed by atoms with Gasteiger partial charge in [0.25, 0.3) is 0 Å². The second kappa shape index (κ2) is 4.70. The van der Waals surface area contributed by atoms with E-state index in [2.05, 4.69) is 10.3 Å². The van der Waals surface area contributed by atoms with Gasteiger partial charge >= 0.3 is 0 Å². The molecule has 2 nitrogen and oxygen atoms in total. The monoisotopic (exact) mass is 250 g/mol. The van der Waals surface area contributed by atoms with Crippen LogP contribution in [-0.4, -0.2) is 18.1 Å². The first-order chi connectivity index (χ1) is 8.31. The summed E-state index contributed by atoms with van der Waals surface area (Å²) in [5, 5.41) is 4.51. The Morgan fingerprint density at radius 1 is 1.47 bits per heavy atom. The summed E-state index contributed by atoms with van der Waals surface area (Å²) < 4.78 is 14.0. The molecule has 1 aromatic carbocycles. The number of hydrogen-bond donors (Lipinski definition) is 1. The zero-order chi connectivity index (χ0) is 11.7. The number of thiazole rings is 1. The molecule has 2 aromatic rings. The number of rotatable bonds is 3. The highest BCUT2D eigenvalue weighted by Gasteiger charge is 2.15. The van der Waals surface area contributed by atoms with Gasteiger partial charge in [-0.15, -0.1) is 11.3 Å². The lowest BCUT2D eigenvalue weighted by Crippen LogP contribution is -2.09. The maximum atomic E-state index is 13.0. The second-order valence-electron chi connectivity index (χ2n) is 4.62. The van der Waals surface area contributed by atoms with Crippen LogP contribution >= 0.6 is 11.3 Å². The van der Waals surface area contributed by atoms with Crippen LogP contribution in [0.5, 0.6) is 0 Å². The fourth-order valence-electron chi connectivity index (χ4n) is 2.34. The highest BCUT2D eigenvalue weighted by atomic mass is 32.1. The second-order valence-corrected chi connectivity index (χ2v) is 5.73. The Bertz CT molecular complexity index is 517. The lowest BCUT2D eigenvalue weighted by molar-refractivity contribution is 0.532. The zero-order valence-electron chi connectivity index (χ0n) is 9.58. The summed E-state index contributed by atoms with van der Waals surface area (Å²) in [4.78, 5) is 4.55. The van der Waals surface area contributed by atoms with E-state index >= 15 is 0 Å². The van der Waals surface area contributed by atoms with Crippen molar-refractivity contribution in [3.8, 4) is 0 Å². The minimum atomic E-state index is -0.173. The molecule has 0 radical (unpaired) electrons. The van der Waals surface area contributed by atoms with E-state index in [1.165, 1.54) is 18.9 Å². The van der Waals surface area contributed by atoms with Crippen molar-refractivity contribution in [2.75, 3.05) is 13.1 Å². The fourth-order valence-corrected chi connectivity index (χ4v) is 3.35. The first kappa shape index (κ1) is 11.1. The molecule has 1 aromatic heterocycles. The molecule has 1 aliphatic rings. The van der Waals surface area contributed by atoms with E-state index in [0.29, 0.717) is 0 Å². The maximum Gasteiger partial charge on any atom is 0.124 e. The third kappa shape index (κ3) is 2.48. The topological polar surface area (TPSA) is 24.9 Å². The van der Waals surface area contributed by atoms with Crippen LogP contribution in [0.1, 0.15) is 17.8 Å². The smallest absolute Gasteiger partial charge is 0.124 e. The van der Waals surface area contributed by atoms with Crippen LogP contribution in [-0.2, 0) is 6.42 Å². The number of nitrogens with zero attached hydrogens (tertiary/aromatic N) is 1. The zero-order valence-corrected chi connectivity index (χ0v) is 10.4. The van der Waals surface area contributed by atoms with Crippen LogP contribution in [0.2, 0.25) is 0 Å². The maximum absolute atomic E-state index is 13.0.